The second-order valence-corrected chi connectivity index (χ2v) is 6.05. The summed E-state index contributed by atoms with van der Waals surface area (Å²) in [5.41, 5.74) is -0.965. The van der Waals surface area contributed by atoms with E-state index in [1.54, 1.807) is 12.1 Å². The zero-order valence-electron chi connectivity index (χ0n) is 13.3. The Labute approximate surface area is 138 Å². The molecule has 0 radical (unpaired) electrons. The normalized spacial score (nSPS) is 30.0. The average molecular weight is 333 g/mol. The quantitative estimate of drug-likeness (QED) is 0.581. The molecule has 1 aliphatic heterocycles. The molecule has 0 saturated carbocycles. The second-order valence-electron chi connectivity index (χ2n) is 6.05. The molecule has 0 aromatic carbocycles. The van der Waals surface area contributed by atoms with E-state index in [2.05, 4.69) is 15.4 Å². The Kier molecular flexibility index (Phi) is 4.15. The molecule has 9 nitrogen and oxygen atoms in total. The van der Waals surface area contributed by atoms with Crippen LogP contribution in [0, 0.1) is 11.3 Å². The van der Waals surface area contributed by atoms with Crippen molar-refractivity contribution in [3.05, 3.63) is 24.2 Å². The number of rotatable bonds is 4. The Bertz CT molecular complexity index is 786. The number of nitriles is 1. The minimum atomic E-state index is -1.83. The summed E-state index contributed by atoms with van der Waals surface area (Å²) in [6.07, 6.45) is -2.63. The van der Waals surface area contributed by atoms with Crippen molar-refractivity contribution in [3.63, 3.8) is 0 Å². The van der Waals surface area contributed by atoms with Gasteiger partial charge in [0.2, 0.25) is 5.60 Å². The van der Waals surface area contributed by atoms with E-state index in [4.69, 9.17) is 4.74 Å². The summed E-state index contributed by atoms with van der Waals surface area (Å²) in [6, 6.07) is 5.37. The van der Waals surface area contributed by atoms with Crippen LogP contribution >= 0.6 is 0 Å². The topological polar surface area (TPSA) is 136 Å². The van der Waals surface area contributed by atoms with Gasteiger partial charge >= 0.3 is 0 Å². The Morgan fingerprint density at radius 2 is 2.21 bits per heavy atom. The summed E-state index contributed by atoms with van der Waals surface area (Å²) in [5, 5.41) is 46.7. The summed E-state index contributed by atoms with van der Waals surface area (Å²) in [7, 11) is 0. The first kappa shape index (κ1) is 16.6. The first-order chi connectivity index (χ1) is 11.4. The highest BCUT2D eigenvalue weighted by molar-refractivity contribution is 5.68. The Balaban J connectivity index is 2.14. The number of aliphatic hydroxyl groups excluding tert-OH is 3. The average Bonchev–Trinajstić information content (AvgIpc) is 3.09. The summed E-state index contributed by atoms with van der Waals surface area (Å²) in [4.78, 5) is 4.18. The highest BCUT2D eigenvalue weighted by Crippen LogP contribution is 2.40. The standard InChI is InChI=1S/C15H19N5O4/c1-8(2)19-14-9-3-4-11(20(9)18-7-17-14)15(6-16)13(23)12(22)10(5-21)24-15/h3-4,7-8,10,12-13,21-23H,5H2,1-2H3,(H,17,18,19)/t10-,12-,13-,15+/m1/s1. The number of aliphatic hydroxyl groups is 3. The van der Waals surface area contributed by atoms with E-state index in [9.17, 15) is 20.6 Å². The van der Waals surface area contributed by atoms with Crippen molar-refractivity contribution < 1.29 is 20.1 Å². The summed E-state index contributed by atoms with van der Waals surface area (Å²) in [5.74, 6) is 0.575. The van der Waals surface area contributed by atoms with Gasteiger partial charge in [-0.2, -0.15) is 10.4 Å². The van der Waals surface area contributed by atoms with Crippen LogP contribution in [0.4, 0.5) is 5.82 Å². The molecule has 0 unspecified atom stereocenters. The van der Waals surface area contributed by atoms with Crippen molar-refractivity contribution >= 4 is 11.3 Å². The van der Waals surface area contributed by atoms with Crippen LogP contribution in [0.3, 0.4) is 0 Å². The first-order valence-corrected chi connectivity index (χ1v) is 7.60. The van der Waals surface area contributed by atoms with Gasteiger partial charge in [-0.25, -0.2) is 9.50 Å². The Morgan fingerprint density at radius 1 is 1.46 bits per heavy atom. The third-order valence-corrected chi connectivity index (χ3v) is 4.06. The van der Waals surface area contributed by atoms with Gasteiger partial charge in [-0.15, -0.1) is 0 Å². The van der Waals surface area contributed by atoms with Crippen molar-refractivity contribution in [1.82, 2.24) is 14.6 Å². The van der Waals surface area contributed by atoms with Crippen LogP contribution in [0.15, 0.2) is 18.5 Å². The number of nitrogens with zero attached hydrogens (tertiary/aromatic N) is 4. The number of hydrogen-bond donors (Lipinski definition) is 4. The Hall–Kier alpha value is -2.25. The lowest BCUT2D eigenvalue weighted by Crippen LogP contribution is -2.40. The van der Waals surface area contributed by atoms with Crippen LogP contribution in [0.5, 0.6) is 0 Å². The number of hydrogen-bond acceptors (Lipinski definition) is 8. The van der Waals surface area contributed by atoms with Gasteiger partial charge in [0, 0.05) is 6.04 Å². The van der Waals surface area contributed by atoms with Crippen LogP contribution in [0.2, 0.25) is 0 Å². The fraction of sp³-hybridized carbons (Fsp3) is 0.533. The molecular weight excluding hydrogens is 314 g/mol. The van der Waals surface area contributed by atoms with Crippen LogP contribution < -0.4 is 5.32 Å². The van der Waals surface area contributed by atoms with Gasteiger partial charge in [-0.1, -0.05) is 0 Å². The van der Waals surface area contributed by atoms with Gasteiger partial charge < -0.3 is 25.4 Å². The second kappa shape index (κ2) is 5.99. The predicted octanol–water partition coefficient (Wildman–Crippen LogP) is -0.619. The highest BCUT2D eigenvalue weighted by atomic mass is 16.6. The van der Waals surface area contributed by atoms with E-state index in [1.807, 2.05) is 19.9 Å². The zero-order valence-corrected chi connectivity index (χ0v) is 13.3. The fourth-order valence-corrected chi connectivity index (χ4v) is 2.93. The van der Waals surface area contributed by atoms with Crippen molar-refractivity contribution in [2.24, 2.45) is 0 Å². The molecule has 128 valence electrons. The Morgan fingerprint density at radius 3 is 2.79 bits per heavy atom. The van der Waals surface area contributed by atoms with E-state index in [0.29, 0.717) is 11.3 Å². The third-order valence-electron chi connectivity index (χ3n) is 4.06. The highest BCUT2D eigenvalue weighted by Gasteiger charge is 2.57. The number of aromatic nitrogens is 3. The zero-order chi connectivity index (χ0) is 17.5. The van der Waals surface area contributed by atoms with Crippen molar-refractivity contribution in [2.45, 2.75) is 43.8 Å². The minimum absolute atomic E-state index is 0.140. The van der Waals surface area contributed by atoms with Crippen LogP contribution in [0.1, 0.15) is 19.5 Å². The van der Waals surface area contributed by atoms with E-state index in [1.165, 1.54) is 10.8 Å². The maximum absolute atomic E-state index is 10.4. The molecule has 1 fully saturated rings. The fourth-order valence-electron chi connectivity index (χ4n) is 2.93. The molecule has 0 aliphatic carbocycles. The summed E-state index contributed by atoms with van der Waals surface area (Å²) >= 11 is 0. The molecule has 4 N–H and O–H groups in total. The molecule has 2 aromatic rings. The molecule has 3 heterocycles. The van der Waals surface area contributed by atoms with Gasteiger partial charge in [0.1, 0.15) is 36.2 Å². The number of nitrogens with one attached hydrogen (secondary N) is 1. The van der Waals surface area contributed by atoms with E-state index in [0.717, 1.165) is 0 Å². The van der Waals surface area contributed by atoms with Crippen molar-refractivity contribution in [2.75, 3.05) is 11.9 Å². The van der Waals surface area contributed by atoms with E-state index < -0.39 is 30.5 Å². The lowest BCUT2D eigenvalue weighted by Gasteiger charge is -2.24. The predicted molar refractivity (Wildman–Crippen MR) is 83.0 cm³/mol. The summed E-state index contributed by atoms with van der Waals surface area (Å²) in [6.45, 7) is 3.41. The van der Waals surface area contributed by atoms with Gasteiger partial charge in [0.25, 0.3) is 0 Å². The number of fused-ring (bicyclic) bond motifs is 1. The molecule has 0 spiro atoms. The molecule has 3 rings (SSSR count). The molecule has 1 aliphatic rings. The molecular formula is C15H19N5O4. The third kappa shape index (κ3) is 2.32. The monoisotopic (exact) mass is 333 g/mol. The molecule has 0 bridgehead atoms. The first-order valence-electron chi connectivity index (χ1n) is 7.60. The van der Waals surface area contributed by atoms with Crippen molar-refractivity contribution in [1.29, 1.82) is 5.26 Å². The number of anilines is 1. The lowest BCUT2D eigenvalue weighted by molar-refractivity contribution is -0.0643. The van der Waals surface area contributed by atoms with Gasteiger partial charge in [0.05, 0.1) is 12.3 Å². The molecule has 24 heavy (non-hydrogen) atoms. The molecule has 1 saturated heterocycles. The minimum Gasteiger partial charge on any atom is -0.394 e. The van der Waals surface area contributed by atoms with E-state index in [-0.39, 0.29) is 11.7 Å². The summed E-state index contributed by atoms with van der Waals surface area (Å²) < 4.78 is 6.97. The smallest absolute Gasteiger partial charge is 0.225 e. The van der Waals surface area contributed by atoms with Gasteiger partial charge in [0.15, 0.2) is 5.82 Å². The molecule has 2 aromatic heterocycles. The largest absolute Gasteiger partial charge is 0.394 e. The molecule has 0 amide bonds. The van der Waals surface area contributed by atoms with Gasteiger partial charge in [-0.05, 0) is 26.0 Å². The van der Waals surface area contributed by atoms with Crippen molar-refractivity contribution in [3.8, 4) is 6.07 Å². The molecule has 9 heteroatoms. The SMILES string of the molecule is CC(C)Nc1ncnn2c([C@]3(C#N)O[C@H](CO)[C@@H](O)[C@H]3O)ccc12. The van der Waals surface area contributed by atoms with E-state index >= 15 is 0 Å². The maximum Gasteiger partial charge on any atom is 0.225 e. The van der Waals surface area contributed by atoms with Gasteiger partial charge in [-0.3, -0.25) is 0 Å². The van der Waals surface area contributed by atoms with Crippen LogP contribution in [-0.2, 0) is 10.3 Å². The lowest BCUT2D eigenvalue weighted by atomic mass is 9.92. The maximum atomic E-state index is 10.4. The number of ether oxygens (including phenoxy) is 1. The molecule has 4 atom stereocenters. The van der Waals surface area contributed by atoms with Crippen LogP contribution in [0.25, 0.3) is 5.52 Å². The van der Waals surface area contributed by atoms with Crippen LogP contribution in [-0.4, -0.2) is 60.9 Å².